The van der Waals surface area contributed by atoms with Crippen LogP contribution in [0.3, 0.4) is 0 Å². The zero-order valence-corrected chi connectivity index (χ0v) is 20.1. The number of nitrogens with two attached hydrogens (primary N) is 1. The first-order valence-corrected chi connectivity index (χ1v) is 12.2. The van der Waals surface area contributed by atoms with E-state index in [1.807, 2.05) is 30.5 Å². The molecule has 1 atom stereocenters. The third-order valence-corrected chi connectivity index (χ3v) is 7.00. The molecule has 1 fully saturated rings. The van der Waals surface area contributed by atoms with E-state index in [9.17, 15) is 5.26 Å². The first kappa shape index (κ1) is 23.0. The normalized spacial score (nSPS) is 18.9. The average molecular weight is 469 g/mol. The number of fused-ring (bicyclic) bond motifs is 1. The Morgan fingerprint density at radius 2 is 2.00 bits per heavy atom. The highest BCUT2D eigenvalue weighted by atomic mass is 16.5. The van der Waals surface area contributed by atoms with Gasteiger partial charge in [-0.15, -0.1) is 0 Å². The maximum Gasteiger partial charge on any atom is 0.134 e. The molecule has 7 heteroatoms. The van der Waals surface area contributed by atoms with E-state index < -0.39 is 0 Å². The van der Waals surface area contributed by atoms with Crippen LogP contribution in [-0.2, 0) is 11.3 Å². The molecule has 0 aromatic heterocycles. The molecule has 0 amide bonds. The molecule has 5 rings (SSSR count). The number of nitrogens with zero attached hydrogens (tertiary/aromatic N) is 2. The lowest BCUT2D eigenvalue weighted by Gasteiger charge is -2.39. The molecular weight excluding hydrogens is 436 g/mol. The van der Waals surface area contributed by atoms with Gasteiger partial charge in [0.05, 0.1) is 17.5 Å². The van der Waals surface area contributed by atoms with Crippen LogP contribution in [0.4, 0.5) is 5.69 Å². The van der Waals surface area contributed by atoms with E-state index >= 15 is 0 Å². The minimum absolute atomic E-state index is 0.0364. The number of anilines is 1. The molecule has 3 aliphatic rings. The van der Waals surface area contributed by atoms with Crippen molar-refractivity contribution >= 4 is 11.8 Å². The van der Waals surface area contributed by atoms with Crippen LogP contribution in [0.1, 0.15) is 29.5 Å². The fraction of sp³-hybridized carbons (Fsp3) is 0.321. The number of hydrogen-bond acceptors (Lipinski definition) is 7. The van der Waals surface area contributed by atoms with Gasteiger partial charge in [0.15, 0.2) is 0 Å². The van der Waals surface area contributed by atoms with E-state index in [2.05, 4.69) is 57.3 Å². The van der Waals surface area contributed by atoms with Crippen LogP contribution >= 0.6 is 0 Å². The Balaban J connectivity index is 1.32. The number of likely N-dealkylation sites (tertiary alicyclic amines) is 1. The summed E-state index contributed by atoms with van der Waals surface area (Å²) in [4.78, 5) is 2.41. The highest BCUT2D eigenvalue weighted by molar-refractivity contribution is 5.77. The molecule has 5 N–H and O–H groups in total. The van der Waals surface area contributed by atoms with E-state index in [1.54, 1.807) is 7.11 Å². The lowest BCUT2D eigenvalue weighted by atomic mass is 9.94. The van der Waals surface area contributed by atoms with Crippen molar-refractivity contribution in [2.24, 2.45) is 5.73 Å². The maximum atomic E-state index is 9.34. The first-order valence-electron chi connectivity index (χ1n) is 12.2. The Morgan fingerprint density at radius 1 is 1.14 bits per heavy atom. The maximum absolute atomic E-state index is 9.34. The summed E-state index contributed by atoms with van der Waals surface area (Å²) in [5.41, 5.74) is 13.6. The summed E-state index contributed by atoms with van der Waals surface area (Å²) in [6.07, 6.45) is 10.1. The van der Waals surface area contributed by atoms with Crippen molar-refractivity contribution in [2.75, 3.05) is 32.1 Å². The summed E-state index contributed by atoms with van der Waals surface area (Å²) in [5, 5.41) is 19.7. The quantitative estimate of drug-likeness (QED) is 0.515. The van der Waals surface area contributed by atoms with Crippen molar-refractivity contribution in [2.45, 2.75) is 31.7 Å². The molecule has 2 aromatic rings. The fourth-order valence-electron chi connectivity index (χ4n) is 5.14. The van der Waals surface area contributed by atoms with Gasteiger partial charge < -0.3 is 26.4 Å². The van der Waals surface area contributed by atoms with Gasteiger partial charge in [-0.1, -0.05) is 18.2 Å². The highest BCUT2D eigenvalue weighted by Crippen LogP contribution is 2.33. The average Bonchev–Trinajstić information content (AvgIpc) is 2.91. The predicted molar refractivity (Wildman–Crippen MR) is 140 cm³/mol. The molecule has 180 valence electrons. The number of dihydropyridines is 1. The van der Waals surface area contributed by atoms with Crippen molar-refractivity contribution < 1.29 is 4.74 Å². The van der Waals surface area contributed by atoms with Crippen molar-refractivity contribution in [3.8, 4) is 17.2 Å². The third kappa shape index (κ3) is 5.04. The second-order valence-electron chi connectivity index (χ2n) is 9.26. The molecule has 1 saturated heterocycles. The summed E-state index contributed by atoms with van der Waals surface area (Å²) >= 11 is 0. The number of ether oxygens (including phenoxy) is 1. The molecule has 3 aliphatic heterocycles. The van der Waals surface area contributed by atoms with Crippen LogP contribution < -0.4 is 21.7 Å². The number of piperidine rings is 1. The van der Waals surface area contributed by atoms with Crippen LogP contribution in [-0.4, -0.2) is 43.9 Å². The van der Waals surface area contributed by atoms with Crippen molar-refractivity contribution in [3.05, 3.63) is 82.8 Å². The van der Waals surface area contributed by atoms with Gasteiger partial charge in [0.1, 0.15) is 6.23 Å². The van der Waals surface area contributed by atoms with Gasteiger partial charge in [-0.05, 0) is 77.7 Å². The lowest BCUT2D eigenvalue weighted by Crippen LogP contribution is -2.48. The molecule has 0 bridgehead atoms. The number of methoxy groups -OCH3 is 1. The van der Waals surface area contributed by atoms with E-state index in [-0.39, 0.29) is 6.23 Å². The predicted octanol–water partition coefficient (Wildman–Crippen LogP) is 3.48. The van der Waals surface area contributed by atoms with E-state index in [0.717, 1.165) is 43.6 Å². The van der Waals surface area contributed by atoms with Gasteiger partial charge in [0, 0.05) is 50.6 Å². The van der Waals surface area contributed by atoms with Gasteiger partial charge in [-0.3, -0.25) is 4.90 Å². The van der Waals surface area contributed by atoms with Crippen LogP contribution in [0.5, 0.6) is 0 Å². The van der Waals surface area contributed by atoms with Crippen LogP contribution in [0, 0.1) is 11.3 Å². The van der Waals surface area contributed by atoms with E-state index in [1.165, 1.54) is 22.4 Å². The Bertz CT molecular complexity index is 1220. The number of nitrogens with one attached hydrogen (secondary N) is 3. The zero-order chi connectivity index (χ0) is 24.2. The summed E-state index contributed by atoms with van der Waals surface area (Å²) in [5.74, 6) is 0.695. The molecule has 0 spiro atoms. The Hall–Kier alpha value is -3.73. The molecule has 7 nitrogen and oxygen atoms in total. The van der Waals surface area contributed by atoms with Crippen molar-refractivity contribution in [1.29, 1.82) is 5.26 Å². The molecule has 2 aromatic carbocycles. The topological polar surface area (TPSA) is 98.4 Å². The minimum Gasteiger partial charge on any atom is -0.387 e. The van der Waals surface area contributed by atoms with Crippen LogP contribution in [0.15, 0.2) is 66.1 Å². The molecule has 0 radical (unpaired) electrons. The summed E-state index contributed by atoms with van der Waals surface area (Å²) in [6.45, 7) is 3.43. The molecule has 1 unspecified atom stereocenters. The summed E-state index contributed by atoms with van der Waals surface area (Å²) in [6, 6.07) is 14.9. The number of allylic oxidation sites excluding steroid dienone is 2. The second kappa shape index (κ2) is 10.3. The Labute approximate surface area is 206 Å². The number of benzene rings is 2. The highest BCUT2D eigenvalue weighted by Gasteiger charge is 2.28. The number of hydrogen-bond donors (Lipinski definition) is 4. The Kier molecular flexibility index (Phi) is 6.75. The number of rotatable bonds is 6. The first-order chi connectivity index (χ1) is 17.1. The molecule has 3 heterocycles. The standard InChI is InChI=1S/C28H32N6O/c1-35-28(22-5-6-27(30)32-17-22)34-11-8-24(9-12-34)33-26-15-23(14-21-7-10-31-18-25(21)26)20-4-2-3-19(13-20)16-29/h2-7,10,13-15,24,28,31-33H,8-9,11-12,17-18,30H2,1H3. The number of nitriles is 1. The van der Waals surface area contributed by atoms with E-state index in [0.29, 0.717) is 24.0 Å². The lowest BCUT2D eigenvalue weighted by molar-refractivity contribution is -0.0183. The van der Waals surface area contributed by atoms with Crippen LogP contribution in [0.2, 0.25) is 0 Å². The van der Waals surface area contributed by atoms with E-state index in [4.69, 9.17) is 10.5 Å². The third-order valence-electron chi connectivity index (χ3n) is 7.00. The molecule has 0 aliphatic carbocycles. The minimum atomic E-state index is -0.0364. The smallest absolute Gasteiger partial charge is 0.134 e. The van der Waals surface area contributed by atoms with Gasteiger partial charge >= 0.3 is 0 Å². The van der Waals surface area contributed by atoms with Gasteiger partial charge in [0.2, 0.25) is 0 Å². The molecule has 0 saturated carbocycles. The van der Waals surface area contributed by atoms with Gasteiger partial charge in [0.25, 0.3) is 0 Å². The second-order valence-corrected chi connectivity index (χ2v) is 9.26. The largest absolute Gasteiger partial charge is 0.387 e. The molecule has 35 heavy (non-hydrogen) atoms. The SMILES string of the molecule is COC(C1=CC=C(N)NC1)N1CCC(Nc2cc(-c3cccc(C#N)c3)cc3c2CNC=C3)CC1. The van der Waals surface area contributed by atoms with Crippen LogP contribution in [0.25, 0.3) is 17.2 Å². The summed E-state index contributed by atoms with van der Waals surface area (Å²) < 4.78 is 5.86. The fourth-order valence-corrected chi connectivity index (χ4v) is 5.14. The summed E-state index contributed by atoms with van der Waals surface area (Å²) in [7, 11) is 1.77. The molecular formula is C28H32N6O. The van der Waals surface area contributed by atoms with Crippen molar-refractivity contribution in [3.63, 3.8) is 0 Å². The van der Waals surface area contributed by atoms with Crippen molar-refractivity contribution in [1.82, 2.24) is 15.5 Å². The Morgan fingerprint density at radius 3 is 2.74 bits per heavy atom. The monoisotopic (exact) mass is 468 g/mol. The van der Waals surface area contributed by atoms with Gasteiger partial charge in [-0.2, -0.15) is 5.26 Å². The van der Waals surface area contributed by atoms with Gasteiger partial charge in [-0.25, -0.2) is 0 Å². The zero-order valence-electron chi connectivity index (χ0n) is 20.1.